The average molecular weight is 820 g/mol. The van der Waals surface area contributed by atoms with Crippen LogP contribution in [0.25, 0.3) is 10.9 Å². The zero-order chi connectivity index (χ0) is 40.6. The number of sulfonamides is 1. The average Bonchev–Trinajstić information content (AvgIpc) is 4.00. The van der Waals surface area contributed by atoms with Crippen LogP contribution in [0.2, 0.25) is 0 Å². The van der Waals surface area contributed by atoms with Gasteiger partial charge in [-0.25, -0.2) is 18.2 Å². The third kappa shape index (κ3) is 8.85. The Morgan fingerprint density at radius 3 is 2.52 bits per heavy atom. The minimum Gasteiger partial charge on any atom is -0.497 e. The number of ketones is 1. The molecule has 8 atom stereocenters. The van der Waals surface area contributed by atoms with Gasteiger partial charge in [-0.05, 0) is 100 Å². The second-order valence-electron chi connectivity index (χ2n) is 17.5. The van der Waals surface area contributed by atoms with Crippen molar-refractivity contribution < 1.29 is 41.8 Å². The Labute approximate surface area is 340 Å². The molecule has 2 aliphatic heterocycles. The second-order valence-corrected chi connectivity index (χ2v) is 19.5. The van der Waals surface area contributed by atoms with Crippen LogP contribution in [-0.2, 0) is 35.6 Å². The molecule has 1 saturated heterocycles. The summed E-state index contributed by atoms with van der Waals surface area (Å²) < 4.78 is 46.0. The van der Waals surface area contributed by atoms with E-state index in [4.69, 9.17) is 19.2 Å². The minimum absolute atomic E-state index is 0.0559. The van der Waals surface area contributed by atoms with Crippen LogP contribution >= 0.6 is 0 Å². The summed E-state index contributed by atoms with van der Waals surface area (Å²) in [5, 5.41) is 6.10. The fraction of sp³-hybridized carbons (Fsp3) is 0.651. The molecule has 4 saturated carbocycles. The number of methoxy groups -OCH3 is 1. The highest BCUT2D eigenvalue weighted by molar-refractivity contribution is 7.91. The van der Waals surface area contributed by atoms with E-state index >= 15 is 0 Å². The Morgan fingerprint density at radius 2 is 1.78 bits per heavy atom. The van der Waals surface area contributed by atoms with Crippen molar-refractivity contribution in [3.63, 3.8) is 0 Å². The lowest BCUT2D eigenvalue weighted by Gasteiger charge is -2.29. The number of benzene rings is 1. The van der Waals surface area contributed by atoms with Gasteiger partial charge >= 0.3 is 6.09 Å². The van der Waals surface area contributed by atoms with Gasteiger partial charge in [0.05, 0.1) is 42.2 Å². The van der Waals surface area contributed by atoms with Gasteiger partial charge in [-0.2, -0.15) is 0 Å². The van der Waals surface area contributed by atoms with Crippen LogP contribution in [0, 0.1) is 17.8 Å². The maximum atomic E-state index is 14.5. The van der Waals surface area contributed by atoms with Gasteiger partial charge in [0.15, 0.2) is 5.78 Å². The number of nitrogens with one attached hydrogen (secondary N) is 3. The smallest absolute Gasteiger partial charge is 0.408 e. The molecule has 15 heteroatoms. The van der Waals surface area contributed by atoms with E-state index in [1.54, 1.807) is 18.1 Å². The molecule has 2 aromatic rings. The Morgan fingerprint density at radius 1 is 0.983 bits per heavy atom. The van der Waals surface area contributed by atoms with E-state index < -0.39 is 62.8 Å². The zero-order valence-electron chi connectivity index (χ0n) is 33.4. The van der Waals surface area contributed by atoms with E-state index in [-0.39, 0.29) is 43.7 Å². The van der Waals surface area contributed by atoms with E-state index in [9.17, 15) is 27.6 Å². The van der Waals surface area contributed by atoms with Crippen molar-refractivity contribution in [2.75, 3.05) is 20.2 Å². The molecule has 3 unspecified atom stereocenters. The Balaban J connectivity index is 1.09. The number of Topliss-reactive ketones (excluding diaryl/α,β-unsaturated/α-hetero) is 1. The summed E-state index contributed by atoms with van der Waals surface area (Å²) in [6.07, 6.45) is 12.5. The van der Waals surface area contributed by atoms with Crippen LogP contribution in [0.15, 0.2) is 36.9 Å². The van der Waals surface area contributed by atoms with Crippen LogP contribution in [0.5, 0.6) is 11.5 Å². The van der Waals surface area contributed by atoms with Crippen molar-refractivity contribution in [2.45, 2.75) is 138 Å². The Kier molecular flexibility index (Phi) is 11.7. The van der Waals surface area contributed by atoms with E-state index in [0.29, 0.717) is 36.7 Å². The monoisotopic (exact) mass is 819 g/mol. The Bertz CT molecular complexity index is 2030. The van der Waals surface area contributed by atoms with Gasteiger partial charge in [0, 0.05) is 24.3 Å². The summed E-state index contributed by atoms with van der Waals surface area (Å²) in [5.74, 6) is -0.259. The minimum atomic E-state index is -3.87. The van der Waals surface area contributed by atoms with Gasteiger partial charge in [0.2, 0.25) is 15.9 Å². The highest BCUT2D eigenvalue weighted by atomic mass is 32.2. The summed E-state index contributed by atoms with van der Waals surface area (Å²) in [6, 6.07) is 6.01. The van der Waals surface area contributed by atoms with Crippen LogP contribution in [0.4, 0.5) is 4.79 Å². The normalized spacial score (nSPS) is 32.3. The number of hydrogen-bond donors (Lipinski definition) is 3. The number of pyridine rings is 1. The first-order valence-electron chi connectivity index (χ1n) is 21.3. The molecule has 4 aliphatic carbocycles. The van der Waals surface area contributed by atoms with E-state index in [0.717, 1.165) is 87.2 Å². The first kappa shape index (κ1) is 40.5. The van der Waals surface area contributed by atoms with Crippen molar-refractivity contribution >= 4 is 44.6 Å². The van der Waals surface area contributed by atoms with Gasteiger partial charge in [0.1, 0.15) is 29.2 Å². The standard InChI is InChI=1S/C43H57N5O9S/c1-3-29-23-43(29,41(51)47-58(53,54)33-16-17-33)46-40(50)36-22-32-24-48(36)25-37(49)39(27-10-7-8-11-27)45-42(52)57-31-14-13-26(19-31)9-5-4-6-12-35-38(56-32)21-28-20-30(55-2)15-18-34(28)44-35/h3,15,18,20-21,26-27,29,31-33,36,39H,1,4-14,16-17,19,22-25H2,2H3,(H,45,52)(H,46,50)(H,47,51)/t26?,29-,31+,32+,36-,39?,43-/m0/s1. The first-order chi connectivity index (χ1) is 27.9. The zero-order valence-corrected chi connectivity index (χ0v) is 34.2. The van der Waals surface area contributed by atoms with Gasteiger partial charge in [-0.3, -0.25) is 24.0 Å². The molecule has 3 amide bonds. The van der Waals surface area contributed by atoms with Crippen LogP contribution < -0.4 is 24.8 Å². The van der Waals surface area contributed by atoms with Crippen LogP contribution in [-0.4, -0.2) is 97.3 Å². The molecule has 1 aromatic carbocycles. The fourth-order valence-corrected chi connectivity index (χ4v) is 11.2. The molecule has 4 bridgehead atoms. The van der Waals surface area contributed by atoms with Gasteiger partial charge in [0.25, 0.3) is 5.91 Å². The number of alkyl carbamates (subject to hydrolysis) is 1. The first-order valence-corrected chi connectivity index (χ1v) is 22.9. The maximum Gasteiger partial charge on any atom is 0.408 e. The predicted molar refractivity (Wildman–Crippen MR) is 216 cm³/mol. The highest BCUT2D eigenvalue weighted by Crippen LogP contribution is 2.46. The molecular weight excluding hydrogens is 763 g/mol. The van der Waals surface area contributed by atoms with Gasteiger partial charge < -0.3 is 24.8 Å². The van der Waals surface area contributed by atoms with Crippen molar-refractivity contribution in [3.05, 3.63) is 42.6 Å². The number of nitrogens with zero attached hydrogens (tertiary/aromatic N) is 2. The SMILES string of the molecule is C=C[C@H]1C[C@@]1(NC(=O)[C@@H]1C[C@@H]2CN1CC(=O)C(C1CCCC1)NC(=O)O[C@@H]1CCC(CCCCCc3nc4ccc(OC)cc4cc3O2)C1)C(=O)NS(=O)(=O)C1CC1. The fourth-order valence-electron chi connectivity index (χ4n) is 9.84. The number of carbonyl (C=O) groups excluding carboxylic acids is 4. The predicted octanol–water partition coefficient (Wildman–Crippen LogP) is 4.87. The Hall–Kier alpha value is -4.24. The number of aryl methyl sites for hydroxylation is 1. The number of ether oxygens (including phenoxy) is 3. The van der Waals surface area contributed by atoms with Crippen molar-refractivity contribution in [1.82, 2.24) is 25.2 Å². The van der Waals surface area contributed by atoms with Crippen LogP contribution in [0.1, 0.15) is 102 Å². The summed E-state index contributed by atoms with van der Waals surface area (Å²) >= 11 is 0. The van der Waals surface area contributed by atoms with Crippen LogP contribution in [0.3, 0.4) is 0 Å². The molecule has 8 rings (SSSR count). The molecule has 1 aromatic heterocycles. The molecular formula is C43H57N5O9S. The highest BCUT2D eigenvalue weighted by Gasteiger charge is 2.62. The van der Waals surface area contributed by atoms with Crippen molar-refractivity contribution in [3.8, 4) is 11.5 Å². The van der Waals surface area contributed by atoms with Gasteiger partial charge in [-0.1, -0.05) is 38.2 Å². The molecule has 5 fully saturated rings. The van der Waals surface area contributed by atoms with E-state index in [1.165, 1.54) is 0 Å². The number of fused-ring (bicyclic) bond motifs is 6. The van der Waals surface area contributed by atoms with Gasteiger partial charge in [-0.15, -0.1) is 6.58 Å². The van der Waals surface area contributed by atoms with E-state index in [1.807, 2.05) is 24.3 Å². The molecule has 58 heavy (non-hydrogen) atoms. The number of aromatic nitrogens is 1. The number of hydrogen-bond acceptors (Lipinski definition) is 11. The summed E-state index contributed by atoms with van der Waals surface area (Å²) in [4.78, 5) is 62.7. The molecule has 6 aliphatic rings. The number of rotatable bonds is 8. The second kappa shape index (κ2) is 16.8. The molecule has 0 radical (unpaired) electrons. The summed E-state index contributed by atoms with van der Waals surface area (Å²) in [7, 11) is -2.26. The molecule has 3 heterocycles. The molecule has 314 valence electrons. The third-order valence-corrected chi connectivity index (χ3v) is 15.2. The third-order valence-electron chi connectivity index (χ3n) is 13.4. The topological polar surface area (TPSA) is 182 Å². The summed E-state index contributed by atoms with van der Waals surface area (Å²) in [5.41, 5.74) is 0.157. The maximum absolute atomic E-state index is 14.5. The lowest BCUT2D eigenvalue weighted by atomic mass is 9.94. The molecule has 3 N–H and O–H groups in total. The largest absolute Gasteiger partial charge is 0.497 e. The lowest BCUT2D eigenvalue weighted by molar-refractivity contribution is -0.133. The molecule has 0 spiro atoms. The lowest BCUT2D eigenvalue weighted by Crippen LogP contribution is -2.57. The quantitative estimate of drug-likeness (QED) is 0.309. The number of amides is 3. The van der Waals surface area contributed by atoms with Crippen molar-refractivity contribution in [1.29, 1.82) is 0 Å². The van der Waals surface area contributed by atoms with E-state index in [2.05, 4.69) is 21.9 Å². The summed E-state index contributed by atoms with van der Waals surface area (Å²) in [6.45, 7) is 3.90. The number of carbonyl (C=O) groups is 4. The molecule has 14 nitrogen and oxygen atoms in total. The van der Waals surface area contributed by atoms with Crippen molar-refractivity contribution in [2.24, 2.45) is 17.8 Å².